The Hall–Kier alpha value is -1.10. The van der Waals surface area contributed by atoms with E-state index in [0.29, 0.717) is 0 Å². The Kier molecular flexibility index (Phi) is 5.25. The fourth-order valence-corrected chi connectivity index (χ4v) is 1.35. The molecule has 1 heterocycles. The minimum atomic E-state index is -1.28. The molecule has 0 radical (unpaired) electrons. The number of ether oxygens (including phenoxy) is 2. The summed E-state index contributed by atoms with van der Waals surface area (Å²) < 4.78 is 22.7. The van der Waals surface area contributed by atoms with Gasteiger partial charge in [-0.15, -0.1) is 11.6 Å². The van der Waals surface area contributed by atoms with Gasteiger partial charge >= 0.3 is 11.9 Å². The van der Waals surface area contributed by atoms with Crippen molar-refractivity contribution in [2.75, 3.05) is 13.2 Å². The van der Waals surface area contributed by atoms with E-state index in [-0.39, 0.29) is 26.1 Å². The van der Waals surface area contributed by atoms with Crippen molar-refractivity contribution in [2.45, 2.75) is 24.4 Å². The van der Waals surface area contributed by atoms with Crippen LogP contribution in [0.15, 0.2) is 12.2 Å². The molecule has 0 saturated carbocycles. The zero-order valence-electron chi connectivity index (χ0n) is 8.53. The zero-order valence-corrected chi connectivity index (χ0v) is 9.28. The summed E-state index contributed by atoms with van der Waals surface area (Å²) in [7, 11) is 0. The SMILES string of the molecule is O=C1C=CC(=O)OCCC(Cl)C(F)CCO1. The highest BCUT2D eigenvalue weighted by molar-refractivity contribution is 6.21. The smallest absolute Gasteiger partial charge is 0.331 e. The van der Waals surface area contributed by atoms with Gasteiger partial charge in [-0.3, -0.25) is 0 Å². The highest BCUT2D eigenvalue weighted by Crippen LogP contribution is 2.15. The van der Waals surface area contributed by atoms with E-state index in [4.69, 9.17) is 16.3 Å². The van der Waals surface area contributed by atoms with Gasteiger partial charge in [0, 0.05) is 25.0 Å². The van der Waals surface area contributed by atoms with Crippen molar-refractivity contribution in [1.82, 2.24) is 0 Å². The number of hydrogen-bond donors (Lipinski definition) is 0. The largest absolute Gasteiger partial charge is 0.462 e. The van der Waals surface area contributed by atoms with Gasteiger partial charge in [0.05, 0.1) is 18.6 Å². The molecule has 90 valence electrons. The summed E-state index contributed by atoms with van der Waals surface area (Å²) in [5, 5.41) is -0.741. The maximum Gasteiger partial charge on any atom is 0.331 e. The number of esters is 2. The summed E-state index contributed by atoms with van der Waals surface area (Å²) in [5.41, 5.74) is 0. The van der Waals surface area contributed by atoms with Crippen LogP contribution in [-0.4, -0.2) is 36.7 Å². The van der Waals surface area contributed by atoms with E-state index in [1.807, 2.05) is 0 Å². The lowest BCUT2D eigenvalue weighted by molar-refractivity contribution is -0.141. The van der Waals surface area contributed by atoms with Gasteiger partial charge in [-0.2, -0.15) is 0 Å². The van der Waals surface area contributed by atoms with Gasteiger partial charge in [0.1, 0.15) is 6.17 Å². The van der Waals surface area contributed by atoms with E-state index in [1.54, 1.807) is 0 Å². The minimum absolute atomic E-state index is 0.0345. The molecule has 1 rings (SSSR count). The lowest BCUT2D eigenvalue weighted by Gasteiger charge is -2.15. The monoisotopic (exact) mass is 250 g/mol. The first-order valence-electron chi connectivity index (χ1n) is 4.89. The van der Waals surface area contributed by atoms with Crippen LogP contribution in [0.3, 0.4) is 0 Å². The van der Waals surface area contributed by atoms with Gasteiger partial charge in [-0.1, -0.05) is 0 Å². The van der Waals surface area contributed by atoms with Crippen molar-refractivity contribution in [2.24, 2.45) is 0 Å². The molecule has 4 nitrogen and oxygen atoms in total. The summed E-state index contributed by atoms with van der Waals surface area (Å²) in [6, 6.07) is 0. The van der Waals surface area contributed by atoms with Crippen LogP contribution in [0, 0.1) is 0 Å². The molecule has 16 heavy (non-hydrogen) atoms. The Morgan fingerprint density at radius 3 is 2.19 bits per heavy atom. The molecule has 0 aromatic heterocycles. The maximum absolute atomic E-state index is 13.3. The Morgan fingerprint density at radius 2 is 1.62 bits per heavy atom. The molecule has 0 spiro atoms. The first kappa shape index (κ1) is 13.0. The average Bonchev–Trinajstić information content (AvgIpc) is 2.24. The average molecular weight is 251 g/mol. The molecular formula is C10H12ClFO4. The highest BCUT2D eigenvalue weighted by atomic mass is 35.5. The maximum atomic E-state index is 13.3. The molecule has 6 heteroatoms. The first-order chi connectivity index (χ1) is 7.59. The number of carbonyl (C=O) groups excluding carboxylic acids is 2. The van der Waals surface area contributed by atoms with E-state index in [9.17, 15) is 14.0 Å². The van der Waals surface area contributed by atoms with Gasteiger partial charge in [0.25, 0.3) is 0 Å². The number of cyclic esters (lactones) is 2. The van der Waals surface area contributed by atoms with Crippen LogP contribution >= 0.6 is 11.6 Å². The Morgan fingerprint density at radius 1 is 1.12 bits per heavy atom. The molecule has 0 saturated heterocycles. The van der Waals surface area contributed by atoms with Crippen molar-refractivity contribution in [3.05, 3.63) is 12.2 Å². The van der Waals surface area contributed by atoms with Crippen molar-refractivity contribution < 1.29 is 23.5 Å². The third kappa shape index (κ3) is 4.61. The Labute approximate surface area is 97.3 Å². The topological polar surface area (TPSA) is 52.6 Å². The summed E-state index contributed by atoms with van der Waals surface area (Å²) in [4.78, 5) is 21.9. The summed E-state index contributed by atoms with van der Waals surface area (Å²) in [6.45, 7) is -0.0184. The lowest BCUT2D eigenvalue weighted by Crippen LogP contribution is -2.22. The van der Waals surface area contributed by atoms with Gasteiger partial charge < -0.3 is 9.47 Å². The summed E-state index contributed by atoms with van der Waals surface area (Å²) >= 11 is 5.72. The van der Waals surface area contributed by atoms with E-state index in [0.717, 1.165) is 12.2 Å². The number of hydrogen-bond acceptors (Lipinski definition) is 4. The van der Waals surface area contributed by atoms with Gasteiger partial charge in [0.15, 0.2) is 0 Å². The summed E-state index contributed by atoms with van der Waals surface area (Å²) in [6.07, 6.45) is 0.921. The predicted octanol–water partition coefficient (Wildman–Crippen LogP) is 1.37. The molecule has 2 atom stereocenters. The standard InChI is InChI=1S/C10H12ClFO4/c11-7-3-5-15-9(13)1-2-10(14)16-6-4-8(7)12/h1-2,7-8H,3-6H2. The van der Waals surface area contributed by atoms with Crippen LogP contribution in [0.25, 0.3) is 0 Å². The molecule has 0 aromatic carbocycles. The second-order valence-electron chi connectivity index (χ2n) is 3.28. The van der Waals surface area contributed by atoms with Crippen LogP contribution in [-0.2, 0) is 19.1 Å². The second kappa shape index (κ2) is 6.48. The number of rotatable bonds is 0. The number of alkyl halides is 2. The molecule has 0 fully saturated rings. The highest BCUT2D eigenvalue weighted by Gasteiger charge is 2.19. The normalized spacial score (nSPS) is 28.6. The van der Waals surface area contributed by atoms with Crippen LogP contribution in [0.4, 0.5) is 4.39 Å². The fourth-order valence-electron chi connectivity index (χ4n) is 1.14. The number of carbonyl (C=O) groups is 2. The molecular weight excluding hydrogens is 239 g/mol. The quantitative estimate of drug-likeness (QED) is 0.481. The third-order valence-electron chi connectivity index (χ3n) is 2.02. The minimum Gasteiger partial charge on any atom is -0.462 e. The zero-order chi connectivity index (χ0) is 12.0. The Bertz CT molecular complexity index is 265. The second-order valence-corrected chi connectivity index (χ2v) is 3.84. The predicted molar refractivity (Wildman–Crippen MR) is 54.8 cm³/mol. The number of halogens is 2. The van der Waals surface area contributed by atoms with Crippen molar-refractivity contribution in [1.29, 1.82) is 0 Å². The molecule has 0 amide bonds. The van der Waals surface area contributed by atoms with E-state index < -0.39 is 23.5 Å². The fraction of sp³-hybridized carbons (Fsp3) is 0.600. The van der Waals surface area contributed by atoms with Crippen molar-refractivity contribution >= 4 is 23.5 Å². The van der Waals surface area contributed by atoms with Crippen LogP contribution in [0.2, 0.25) is 0 Å². The molecule has 2 unspecified atom stereocenters. The molecule has 0 N–H and O–H groups in total. The molecule has 0 aliphatic carbocycles. The first-order valence-corrected chi connectivity index (χ1v) is 5.33. The van der Waals surface area contributed by atoms with Crippen LogP contribution in [0.1, 0.15) is 12.8 Å². The molecule has 1 aliphatic rings. The lowest BCUT2D eigenvalue weighted by atomic mass is 10.1. The Balaban J connectivity index is 2.57. The van der Waals surface area contributed by atoms with Gasteiger partial charge in [-0.05, 0) is 0 Å². The third-order valence-corrected chi connectivity index (χ3v) is 2.52. The van der Waals surface area contributed by atoms with E-state index >= 15 is 0 Å². The summed E-state index contributed by atoms with van der Waals surface area (Å²) in [5.74, 6) is -1.37. The van der Waals surface area contributed by atoms with E-state index in [1.165, 1.54) is 0 Å². The van der Waals surface area contributed by atoms with Crippen LogP contribution < -0.4 is 0 Å². The van der Waals surface area contributed by atoms with Crippen molar-refractivity contribution in [3.63, 3.8) is 0 Å². The van der Waals surface area contributed by atoms with E-state index in [2.05, 4.69) is 4.74 Å². The van der Waals surface area contributed by atoms with Crippen LogP contribution in [0.5, 0.6) is 0 Å². The molecule has 1 aliphatic heterocycles. The van der Waals surface area contributed by atoms with Gasteiger partial charge in [0.2, 0.25) is 0 Å². The molecule has 0 bridgehead atoms. The van der Waals surface area contributed by atoms with Crippen molar-refractivity contribution in [3.8, 4) is 0 Å². The molecule has 0 aromatic rings. The van der Waals surface area contributed by atoms with Gasteiger partial charge in [-0.25, -0.2) is 14.0 Å².